The van der Waals surface area contributed by atoms with Crippen LogP contribution < -0.4 is 5.32 Å². The molecule has 0 spiro atoms. The van der Waals surface area contributed by atoms with Crippen LogP contribution >= 0.6 is 0 Å². The maximum atomic E-state index is 11.4. The summed E-state index contributed by atoms with van der Waals surface area (Å²) in [4.78, 5) is 33.8. The van der Waals surface area contributed by atoms with Gasteiger partial charge in [-0.2, -0.15) is 0 Å². The van der Waals surface area contributed by atoms with Gasteiger partial charge in [0.2, 0.25) is 0 Å². The number of carboxylic acid groups (broad SMARTS) is 1. The van der Waals surface area contributed by atoms with Crippen molar-refractivity contribution >= 4 is 17.9 Å². The third kappa shape index (κ3) is 6.85. The van der Waals surface area contributed by atoms with E-state index in [1.807, 2.05) is 5.32 Å². The molecule has 0 saturated carbocycles. The molecule has 7 heteroatoms. The number of rotatable bonds is 6. The van der Waals surface area contributed by atoms with Gasteiger partial charge in [0.1, 0.15) is 0 Å². The zero-order chi connectivity index (χ0) is 13.3. The second kappa shape index (κ2) is 8.05. The lowest BCUT2D eigenvalue weighted by Crippen LogP contribution is -2.43. The summed E-state index contributed by atoms with van der Waals surface area (Å²) in [5.74, 6) is -2.13. The van der Waals surface area contributed by atoms with Crippen molar-refractivity contribution in [3.05, 3.63) is 24.8 Å². The van der Waals surface area contributed by atoms with Crippen molar-refractivity contribution < 1.29 is 24.6 Å². The van der Waals surface area contributed by atoms with Crippen molar-refractivity contribution in [3.63, 3.8) is 0 Å². The number of aliphatic hydroxyl groups is 1. The summed E-state index contributed by atoms with van der Waals surface area (Å²) in [5.41, 5.74) is 0. The van der Waals surface area contributed by atoms with Crippen molar-refractivity contribution in [1.82, 2.24) is 10.2 Å². The molecule has 17 heavy (non-hydrogen) atoms. The summed E-state index contributed by atoms with van der Waals surface area (Å²) in [6, 6.07) is -0.723. The number of imide groups is 1. The summed E-state index contributed by atoms with van der Waals surface area (Å²) < 4.78 is 0. The first-order valence-corrected chi connectivity index (χ1v) is 4.74. The number of carbonyl (C=O) groups is 3. The van der Waals surface area contributed by atoms with Crippen LogP contribution in [-0.4, -0.2) is 52.7 Å². The first kappa shape index (κ1) is 14.8. The topological polar surface area (TPSA) is 107 Å². The molecule has 0 fully saturated rings. The lowest BCUT2D eigenvalue weighted by molar-refractivity contribution is -0.131. The van der Waals surface area contributed by atoms with Crippen LogP contribution in [0.2, 0.25) is 0 Å². The molecule has 3 amide bonds. The minimum atomic E-state index is -1.29. The third-order valence-corrected chi connectivity index (χ3v) is 1.61. The fourth-order valence-electron chi connectivity index (χ4n) is 0.925. The molecule has 7 nitrogen and oxygen atoms in total. The van der Waals surface area contributed by atoms with Gasteiger partial charge >= 0.3 is 12.0 Å². The zero-order valence-electron chi connectivity index (χ0n) is 9.13. The number of nitrogens with one attached hydrogen (secondary N) is 1. The number of aliphatic carboxylic acids is 1. The highest BCUT2D eigenvalue weighted by molar-refractivity contribution is 6.02. The number of carboxylic acids is 1. The van der Waals surface area contributed by atoms with Crippen LogP contribution in [0.3, 0.4) is 0 Å². The average molecular weight is 242 g/mol. The van der Waals surface area contributed by atoms with E-state index in [2.05, 4.69) is 6.58 Å². The first-order chi connectivity index (χ1) is 8.01. The Labute approximate surface area is 98.0 Å². The minimum absolute atomic E-state index is 0.0494. The maximum Gasteiger partial charge on any atom is 0.328 e. The second-order valence-electron chi connectivity index (χ2n) is 2.92. The Bertz CT molecular complexity index is 338. The van der Waals surface area contributed by atoms with E-state index in [9.17, 15) is 14.4 Å². The SMILES string of the molecule is C=CCN(CCO)C(=O)NC(=O)/C=C/C(=O)O. The summed E-state index contributed by atoms with van der Waals surface area (Å²) in [6.45, 7) is 3.39. The Kier molecular flexibility index (Phi) is 7.04. The number of amides is 3. The van der Waals surface area contributed by atoms with E-state index in [4.69, 9.17) is 10.2 Å². The number of carbonyl (C=O) groups excluding carboxylic acids is 2. The van der Waals surface area contributed by atoms with Crippen LogP contribution in [0.4, 0.5) is 4.79 Å². The molecule has 0 unspecified atom stereocenters. The van der Waals surface area contributed by atoms with Gasteiger partial charge < -0.3 is 15.1 Å². The minimum Gasteiger partial charge on any atom is -0.478 e. The summed E-state index contributed by atoms with van der Waals surface area (Å²) in [7, 11) is 0. The smallest absolute Gasteiger partial charge is 0.328 e. The van der Waals surface area contributed by atoms with Gasteiger partial charge in [-0.1, -0.05) is 6.08 Å². The third-order valence-electron chi connectivity index (χ3n) is 1.61. The van der Waals surface area contributed by atoms with Crippen LogP contribution in [0.1, 0.15) is 0 Å². The molecule has 0 aromatic carbocycles. The van der Waals surface area contributed by atoms with E-state index in [1.54, 1.807) is 0 Å². The number of aliphatic hydroxyl groups excluding tert-OH is 1. The highest BCUT2D eigenvalue weighted by Gasteiger charge is 2.13. The molecule has 0 aliphatic heterocycles. The van der Waals surface area contributed by atoms with Gasteiger partial charge in [-0.3, -0.25) is 10.1 Å². The Morgan fingerprint density at radius 1 is 1.29 bits per heavy atom. The van der Waals surface area contributed by atoms with Gasteiger partial charge in [0.05, 0.1) is 6.61 Å². The zero-order valence-corrected chi connectivity index (χ0v) is 9.13. The summed E-state index contributed by atoms with van der Waals surface area (Å²) in [6.07, 6.45) is 2.78. The molecule has 0 aliphatic rings. The lowest BCUT2D eigenvalue weighted by atomic mass is 10.4. The molecule has 0 aromatic rings. The quantitative estimate of drug-likeness (QED) is 0.423. The van der Waals surface area contributed by atoms with Crippen molar-refractivity contribution in [3.8, 4) is 0 Å². The molecule has 0 aliphatic carbocycles. The van der Waals surface area contributed by atoms with Crippen LogP contribution in [0, 0.1) is 0 Å². The van der Waals surface area contributed by atoms with Gasteiger partial charge in [-0.15, -0.1) is 6.58 Å². The molecule has 0 rings (SSSR count). The molecular weight excluding hydrogens is 228 g/mol. The van der Waals surface area contributed by atoms with E-state index in [1.165, 1.54) is 6.08 Å². The number of nitrogens with zero attached hydrogens (tertiary/aromatic N) is 1. The summed E-state index contributed by atoms with van der Waals surface area (Å²) in [5, 5.41) is 18.9. The van der Waals surface area contributed by atoms with Crippen molar-refractivity contribution in [2.45, 2.75) is 0 Å². The Morgan fingerprint density at radius 3 is 2.41 bits per heavy atom. The van der Waals surface area contributed by atoms with Crippen LogP contribution in [-0.2, 0) is 9.59 Å². The highest BCUT2D eigenvalue weighted by Crippen LogP contribution is 1.90. The Balaban J connectivity index is 4.33. The fourth-order valence-corrected chi connectivity index (χ4v) is 0.925. The molecule has 0 bridgehead atoms. The van der Waals surface area contributed by atoms with E-state index >= 15 is 0 Å². The highest BCUT2D eigenvalue weighted by atomic mass is 16.4. The predicted octanol–water partition coefficient (Wildman–Crippen LogP) is -0.656. The molecule has 0 aromatic heterocycles. The predicted molar refractivity (Wildman–Crippen MR) is 59.2 cm³/mol. The fraction of sp³-hybridized carbons (Fsp3) is 0.300. The molecule has 0 heterocycles. The van der Waals surface area contributed by atoms with Crippen LogP contribution in [0.15, 0.2) is 24.8 Å². The first-order valence-electron chi connectivity index (χ1n) is 4.74. The Morgan fingerprint density at radius 2 is 1.94 bits per heavy atom. The van der Waals surface area contributed by atoms with Gasteiger partial charge in [-0.25, -0.2) is 9.59 Å². The number of hydrogen-bond donors (Lipinski definition) is 3. The second-order valence-corrected chi connectivity index (χ2v) is 2.92. The maximum absolute atomic E-state index is 11.4. The van der Waals surface area contributed by atoms with Gasteiger partial charge in [0.25, 0.3) is 5.91 Å². The molecule has 3 N–H and O–H groups in total. The van der Waals surface area contributed by atoms with Crippen molar-refractivity contribution in [2.24, 2.45) is 0 Å². The molecular formula is C10H14N2O5. The lowest BCUT2D eigenvalue weighted by Gasteiger charge is -2.19. The largest absolute Gasteiger partial charge is 0.478 e. The molecule has 94 valence electrons. The monoisotopic (exact) mass is 242 g/mol. The number of urea groups is 1. The van der Waals surface area contributed by atoms with Crippen LogP contribution in [0.5, 0.6) is 0 Å². The van der Waals surface area contributed by atoms with Gasteiger partial charge in [-0.05, 0) is 0 Å². The standard InChI is InChI=1S/C10H14N2O5/c1-2-5-12(6-7-13)10(17)11-8(14)3-4-9(15)16/h2-4,13H,1,5-7H2,(H,15,16)(H,11,14,17)/b4-3+. The molecule has 0 radical (unpaired) electrons. The van der Waals surface area contributed by atoms with E-state index < -0.39 is 17.9 Å². The van der Waals surface area contributed by atoms with E-state index in [0.29, 0.717) is 6.08 Å². The van der Waals surface area contributed by atoms with Crippen molar-refractivity contribution in [2.75, 3.05) is 19.7 Å². The molecule has 0 atom stereocenters. The normalized spacial score (nSPS) is 9.94. The molecule has 0 saturated heterocycles. The van der Waals surface area contributed by atoms with Gasteiger partial charge in [0.15, 0.2) is 0 Å². The van der Waals surface area contributed by atoms with E-state index in [-0.39, 0.29) is 19.7 Å². The van der Waals surface area contributed by atoms with Crippen molar-refractivity contribution in [1.29, 1.82) is 0 Å². The number of hydrogen-bond acceptors (Lipinski definition) is 4. The van der Waals surface area contributed by atoms with E-state index in [0.717, 1.165) is 11.0 Å². The van der Waals surface area contributed by atoms with Gasteiger partial charge in [0, 0.05) is 25.2 Å². The summed E-state index contributed by atoms with van der Waals surface area (Å²) >= 11 is 0. The van der Waals surface area contributed by atoms with Crippen LogP contribution in [0.25, 0.3) is 0 Å². The Hall–Kier alpha value is -2.15. The average Bonchev–Trinajstić information content (AvgIpc) is 2.26.